The van der Waals surface area contributed by atoms with Crippen LogP contribution in [-0.4, -0.2) is 44.7 Å². The molecule has 0 spiro atoms. The van der Waals surface area contributed by atoms with Crippen molar-refractivity contribution in [2.24, 2.45) is 5.73 Å². The van der Waals surface area contributed by atoms with Crippen LogP contribution in [-0.2, 0) is 14.3 Å². The van der Waals surface area contributed by atoms with Gasteiger partial charge >= 0.3 is 5.97 Å². The Labute approximate surface area is 175 Å². The second-order valence-electron chi connectivity index (χ2n) is 5.78. The van der Waals surface area contributed by atoms with Gasteiger partial charge in [0.1, 0.15) is 17.4 Å². The number of carbonyl (C=O) groups is 3. The van der Waals surface area contributed by atoms with Gasteiger partial charge in [-0.05, 0) is 30.7 Å². The van der Waals surface area contributed by atoms with Crippen LogP contribution in [0.3, 0.4) is 0 Å². The SMILES string of the molecule is COCCOC(=O)c1c(NC(=O)CNc2cc(Cl)ccc2F)sc(C(N)=O)c1C. The lowest BCUT2D eigenvalue weighted by Crippen LogP contribution is -2.23. The first kappa shape index (κ1) is 22.6. The number of esters is 1. The lowest BCUT2D eigenvalue weighted by molar-refractivity contribution is -0.114. The van der Waals surface area contributed by atoms with Gasteiger partial charge < -0.3 is 25.8 Å². The molecule has 0 atom stereocenters. The number of nitrogens with two attached hydrogens (primary N) is 1. The summed E-state index contributed by atoms with van der Waals surface area (Å²) >= 11 is 6.67. The predicted molar refractivity (Wildman–Crippen MR) is 108 cm³/mol. The van der Waals surface area contributed by atoms with Gasteiger partial charge in [0.25, 0.3) is 5.91 Å². The molecule has 4 N–H and O–H groups in total. The number of primary amides is 1. The van der Waals surface area contributed by atoms with Gasteiger partial charge in [0.15, 0.2) is 0 Å². The molecule has 0 aliphatic rings. The molecule has 8 nitrogen and oxygen atoms in total. The van der Waals surface area contributed by atoms with Crippen molar-refractivity contribution < 1.29 is 28.2 Å². The molecule has 0 bridgehead atoms. The van der Waals surface area contributed by atoms with Crippen LogP contribution in [0, 0.1) is 12.7 Å². The molecule has 0 radical (unpaired) electrons. The molecule has 1 aromatic heterocycles. The zero-order valence-corrected chi connectivity index (χ0v) is 17.2. The fourth-order valence-electron chi connectivity index (χ4n) is 2.35. The van der Waals surface area contributed by atoms with Gasteiger partial charge in [-0.15, -0.1) is 11.3 Å². The van der Waals surface area contributed by atoms with Gasteiger partial charge in [-0.2, -0.15) is 0 Å². The van der Waals surface area contributed by atoms with Crippen molar-refractivity contribution in [2.75, 3.05) is 37.5 Å². The average Bonchev–Trinajstić information content (AvgIpc) is 2.98. The number of halogens is 2. The van der Waals surface area contributed by atoms with Crippen molar-refractivity contribution in [1.82, 2.24) is 0 Å². The lowest BCUT2D eigenvalue weighted by atomic mass is 10.1. The number of hydrogen-bond acceptors (Lipinski definition) is 7. The number of carbonyl (C=O) groups excluding carboxylic acids is 3. The Morgan fingerprint density at radius 2 is 2.00 bits per heavy atom. The maximum atomic E-state index is 13.7. The summed E-state index contributed by atoms with van der Waals surface area (Å²) in [6.07, 6.45) is 0. The van der Waals surface area contributed by atoms with E-state index >= 15 is 0 Å². The molecule has 0 aliphatic heterocycles. The average molecular weight is 444 g/mol. The topological polar surface area (TPSA) is 120 Å². The number of anilines is 2. The fourth-order valence-corrected chi connectivity index (χ4v) is 3.59. The third-order valence-electron chi connectivity index (χ3n) is 3.72. The Morgan fingerprint density at radius 3 is 2.66 bits per heavy atom. The van der Waals surface area contributed by atoms with Crippen LogP contribution in [0.1, 0.15) is 25.6 Å². The van der Waals surface area contributed by atoms with Crippen LogP contribution in [0.5, 0.6) is 0 Å². The van der Waals surface area contributed by atoms with Crippen LogP contribution in [0.15, 0.2) is 18.2 Å². The highest BCUT2D eigenvalue weighted by molar-refractivity contribution is 7.18. The second-order valence-corrected chi connectivity index (χ2v) is 7.24. The Bertz CT molecular complexity index is 934. The van der Waals surface area contributed by atoms with Gasteiger partial charge in [0.2, 0.25) is 5.91 Å². The van der Waals surface area contributed by atoms with Crippen molar-refractivity contribution in [3.05, 3.63) is 45.0 Å². The Balaban J connectivity index is 2.16. The van der Waals surface area contributed by atoms with E-state index in [2.05, 4.69) is 10.6 Å². The van der Waals surface area contributed by atoms with Crippen LogP contribution >= 0.6 is 22.9 Å². The zero-order valence-electron chi connectivity index (χ0n) is 15.6. The minimum atomic E-state index is -0.738. The number of amides is 2. The molecule has 0 unspecified atom stereocenters. The largest absolute Gasteiger partial charge is 0.460 e. The highest BCUT2D eigenvalue weighted by atomic mass is 35.5. The highest BCUT2D eigenvalue weighted by Gasteiger charge is 2.25. The third-order valence-corrected chi connectivity index (χ3v) is 5.17. The molecule has 0 fully saturated rings. The maximum absolute atomic E-state index is 13.7. The predicted octanol–water partition coefficient (Wildman–Crippen LogP) is 2.80. The number of thiophene rings is 1. The summed E-state index contributed by atoms with van der Waals surface area (Å²) in [7, 11) is 1.45. The number of methoxy groups -OCH3 is 1. The smallest absolute Gasteiger partial charge is 0.341 e. The number of ether oxygens (including phenoxy) is 2. The number of nitrogens with one attached hydrogen (secondary N) is 2. The number of rotatable bonds is 9. The molecule has 156 valence electrons. The highest BCUT2D eigenvalue weighted by Crippen LogP contribution is 2.33. The fraction of sp³-hybridized carbons (Fsp3) is 0.278. The van der Waals surface area contributed by atoms with Gasteiger partial charge in [-0.25, -0.2) is 9.18 Å². The molecule has 0 saturated carbocycles. The van der Waals surface area contributed by atoms with Crippen molar-refractivity contribution in [3.63, 3.8) is 0 Å². The van der Waals surface area contributed by atoms with E-state index in [1.165, 1.54) is 32.2 Å². The Hall–Kier alpha value is -2.69. The summed E-state index contributed by atoms with van der Waals surface area (Å²) in [6, 6.07) is 3.88. The molecule has 2 amide bonds. The monoisotopic (exact) mass is 443 g/mol. The van der Waals surface area contributed by atoms with Crippen molar-refractivity contribution in [1.29, 1.82) is 0 Å². The van der Waals surface area contributed by atoms with E-state index in [0.29, 0.717) is 10.6 Å². The standard InChI is InChI=1S/C18H19ClFN3O5S/c1-9-14(18(26)28-6-5-27-2)17(29-15(9)16(21)25)23-13(24)8-22-12-7-10(19)3-4-11(12)20/h3-4,7,22H,5-6,8H2,1-2H3,(H2,21,25)(H,23,24). The minimum absolute atomic E-state index is 0.000486. The molecule has 11 heteroatoms. The quantitative estimate of drug-likeness (QED) is 0.405. The first-order valence-electron chi connectivity index (χ1n) is 8.32. The van der Waals surface area contributed by atoms with Crippen LogP contribution < -0.4 is 16.4 Å². The summed E-state index contributed by atoms with van der Waals surface area (Å²) in [5.41, 5.74) is 5.71. The summed E-state index contributed by atoms with van der Waals surface area (Å²) < 4.78 is 23.6. The first-order valence-corrected chi connectivity index (χ1v) is 9.52. The number of hydrogen-bond donors (Lipinski definition) is 3. The minimum Gasteiger partial charge on any atom is -0.460 e. The molecule has 2 aromatic rings. The first-order chi connectivity index (χ1) is 13.7. The maximum Gasteiger partial charge on any atom is 0.341 e. The lowest BCUT2D eigenvalue weighted by Gasteiger charge is -2.10. The molecule has 1 heterocycles. The van der Waals surface area contributed by atoms with Gasteiger partial charge in [-0.1, -0.05) is 11.6 Å². The normalized spacial score (nSPS) is 10.5. The van der Waals surface area contributed by atoms with Crippen LogP contribution in [0.4, 0.5) is 15.1 Å². The summed E-state index contributed by atoms with van der Waals surface area (Å²) in [4.78, 5) is 36.4. The molecule has 29 heavy (non-hydrogen) atoms. The third kappa shape index (κ3) is 5.89. The van der Waals surface area contributed by atoms with E-state index in [-0.39, 0.29) is 40.9 Å². The molecule has 0 aliphatic carbocycles. The summed E-state index contributed by atoms with van der Waals surface area (Å²) in [6.45, 7) is 1.41. The second kappa shape index (κ2) is 10.2. The van der Waals surface area contributed by atoms with Gasteiger partial charge in [-0.3, -0.25) is 9.59 Å². The summed E-state index contributed by atoms with van der Waals surface area (Å²) in [5.74, 6) is -2.62. The molecular weight excluding hydrogens is 425 g/mol. The molecule has 2 rings (SSSR count). The van der Waals surface area contributed by atoms with Gasteiger partial charge in [0, 0.05) is 12.1 Å². The van der Waals surface area contributed by atoms with E-state index in [1.54, 1.807) is 0 Å². The van der Waals surface area contributed by atoms with Crippen molar-refractivity contribution in [2.45, 2.75) is 6.92 Å². The Kier molecular flexibility index (Phi) is 7.94. The summed E-state index contributed by atoms with van der Waals surface area (Å²) in [5, 5.41) is 5.55. The Morgan fingerprint density at radius 1 is 1.28 bits per heavy atom. The molecule has 0 saturated heterocycles. The zero-order chi connectivity index (χ0) is 21.6. The number of benzene rings is 1. The van der Waals surface area contributed by atoms with Crippen LogP contribution in [0.2, 0.25) is 5.02 Å². The van der Waals surface area contributed by atoms with E-state index in [4.69, 9.17) is 26.8 Å². The van der Waals surface area contributed by atoms with E-state index in [0.717, 1.165) is 11.3 Å². The van der Waals surface area contributed by atoms with Crippen molar-refractivity contribution in [3.8, 4) is 0 Å². The molecule has 1 aromatic carbocycles. The van der Waals surface area contributed by atoms with E-state index in [9.17, 15) is 18.8 Å². The van der Waals surface area contributed by atoms with E-state index < -0.39 is 23.6 Å². The van der Waals surface area contributed by atoms with E-state index in [1.807, 2.05) is 0 Å². The van der Waals surface area contributed by atoms with Crippen LogP contribution in [0.25, 0.3) is 0 Å². The van der Waals surface area contributed by atoms with Gasteiger partial charge in [0.05, 0.1) is 29.3 Å². The molecular formula is C18H19ClFN3O5S. The van der Waals surface area contributed by atoms with Crippen molar-refractivity contribution >= 4 is 51.4 Å².